The van der Waals surface area contributed by atoms with Gasteiger partial charge in [-0.1, -0.05) is 13.0 Å². The maximum atomic E-state index is 13.2. The van der Waals surface area contributed by atoms with Crippen molar-refractivity contribution in [1.82, 2.24) is 4.90 Å². The summed E-state index contributed by atoms with van der Waals surface area (Å²) in [5.41, 5.74) is 1.31. The summed E-state index contributed by atoms with van der Waals surface area (Å²) in [5, 5.41) is 11.2. The van der Waals surface area contributed by atoms with Gasteiger partial charge >= 0.3 is 0 Å². The number of ether oxygens (including phenoxy) is 2. The molecule has 6 nitrogen and oxygen atoms in total. The molecule has 1 amide bonds. The van der Waals surface area contributed by atoms with Gasteiger partial charge in [-0.25, -0.2) is 0 Å². The smallest absolute Gasteiger partial charge is 0.227 e. The van der Waals surface area contributed by atoms with Crippen molar-refractivity contribution < 1.29 is 19.4 Å². The molecule has 0 bridgehead atoms. The highest BCUT2D eigenvalue weighted by molar-refractivity contribution is 6.00. The second kappa shape index (κ2) is 5.67. The van der Waals surface area contributed by atoms with Gasteiger partial charge in [-0.15, -0.1) is 0 Å². The number of rotatable bonds is 2. The molecule has 29 heavy (non-hydrogen) atoms. The van der Waals surface area contributed by atoms with Crippen LogP contribution in [0.1, 0.15) is 57.4 Å². The van der Waals surface area contributed by atoms with Crippen LogP contribution in [-0.2, 0) is 14.9 Å². The number of hydrogen-bond donors (Lipinski definition) is 1. The average molecular weight is 399 g/mol. The van der Waals surface area contributed by atoms with E-state index in [-0.39, 0.29) is 34.3 Å². The van der Waals surface area contributed by atoms with Crippen molar-refractivity contribution in [3.05, 3.63) is 17.7 Å². The van der Waals surface area contributed by atoms with Gasteiger partial charge in [-0.3, -0.25) is 9.69 Å². The van der Waals surface area contributed by atoms with Crippen LogP contribution in [0, 0.1) is 5.41 Å². The van der Waals surface area contributed by atoms with E-state index in [0.29, 0.717) is 17.9 Å². The van der Waals surface area contributed by atoms with Crippen LogP contribution in [-0.4, -0.2) is 54.5 Å². The van der Waals surface area contributed by atoms with E-state index >= 15 is 0 Å². The predicted octanol–water partition coefficient (Wildman–Crippen LogP) is 3.16. The Morgan fingerprint density at radius 1 is 1.28 bits per heavy atom. The van der Waals surface area contributed by atoms with Crippen molar-refractivity contribution in [2.24, 2.45) is 5.41 Å². The number of carbonyl (C=O) groups excluding carboxylic acids is 1. The second-order valence-electron chi connectivity index (χ2n) is 9.52. The predicted molar refractivity (Wildman–Crippen MR) is 108 cm³/mol. The summed E-state index contributed by atoms with van der Waals surface area (Å²) in [4.78, 5) is 17.7. The molecule has 3 saturated heterocycles. The molecule has 0 radical (unpaired) electrons. The molecule has 1 N–H and O–H groups in total. The summed E-state index contributed by atoms with van der Waals surface area (Å²) in [7, 11) is 1.57. The lowest BCUT2D eigenvalue weighted by Crippen LogP contribution is -2.73. The normalized spacial score (nSPS) is 39.7. The Kier molecular flexibility index (Phi) is 3.52. The molecule has 6 rings (SSSR count). The summed E-state index contributed by atoms with van der Waals surface area (Å²) in [6.07, 6.45) is 7.01. The van der Waals surface area contributed by atoms with E-state index in [0.717, 1.165) is 50.9 Å². The van der Waals surface area contributed by atoms with Crippen LogP contribution >= 0.6 is 0 Å². The van der Waals surface area contributed by atoms with Gasteiger partial charge in [0, 0.05) is 31.5 Å². The van der Waals surface area contributed by atoms with Crippen LogP contribution in [0.4, 0.5) is 5.69 Å². The molecule has 5 aliphatic rings. The van der Waals surface area contributed by atoms with Crippen molar-refractivity contribution in [2.45, 2.75) is 69.1 Å². The van der Waals surface area contributed by atoms with Gasteiger partial charge in [0.2, 0.25) is 5.91 Å². The van der Waals surface area contributed by atoms with Gasteiger partial charge in [0.05, 0.1) is 24.3 Å². The number of hydrogen-bond acceptors (Lipinski definition) is 5. The van der Waals surface area contributed by atoms with Gasteiger partial charge in [-0.2, -0.15) is 0 Å². The number of carbonyl (C=O) groups is 1. The lowest BCUT2D eigenvalue weighted by atomic mass is 9.50. The number of nitrogens with zero attached hydrogens (tertiary/aromatic N) is 2. The third kappa shape index (κ3) is 1.73. The molecule has 4 heterocycles. The molecular formula is C23H30N2O4. The summed E-state index contributed by atoms with van der Waals surface area (Å²) in [5.74, 6) is 0.611. The van der Waals surface area contributed by atoms with Gasteiger partial charge < -0.3 is 19.5 Å². The highest BCUT2D eigenvalue weighted by atomic mass is 16.5. The maximum Gasteiger partial charge on any atom is 0.227 e. The van der Waals surface area contributed by atoms with Crippen molar-refractivity contribution in [3.8, 4) is 11.5 Å². The van der Waals surface area contributed by atoms with E-state index in [4.69, 9.17) is 9.47 Å². The largest absolute Gasteiger partial charge is 0.503 e. The molecule has 1 aliphatic carbocycles. The number of phenolic OH excluding ortho intramolecular Hbond substituents is 1. The molecule has 0 unspecified atom stereocenters. The third-order valence-corrected chi connectivity index (χ3v) is 8.92. The molecule has 1 saturated carbocycles. The standard InChI is InChI=1S/C23H30N2O4/c1-3-18(26)25-17-7-9-21-8-4-12-24-13-10-22(17,23(21,24)29-14-11-21)15-5-6-16(28-2)20(27)19(15)25/h5-6,17,27H,3-4,7-14H2,1-2H3/t17-,21+,22-,23-/m0/s1. The lowest BCUT2D eigenvalue weighted by molar-refractivity contribution is -0.232. The SMILES string of the molecule is CCC(=O)N1c2c(ccc(OC)c2O)[C@]23CCN4CCC[C@]5(CCO[C@@]452)CC[C@H]13. The highest BCUT2D eigenvalue weighted by Gasteiger charge is 2.80. The maximum absolute atomic E-state index is 13.2. The quantitative estimate of drug-likeness (QED) is 0.829. The molecule has 4 fully saturated rings. The zero-order valence-corrected chi connectivity index (χ0v) is 17.4. The first-order valence-electron chi connectivity index (χ1n) is 11.2. The zero-order valence-electron chi connectivity index (χ0n) is 17.4. The van der Waals surface area contributed by atoms with Crippen LogP contribution in [0.5, 0.6) is 11.5 Å². The first-order valence-corrected chi connectivity index (χ1v) is 11.2. The zero-order chi connectivity index (χ0) is 20.0. The first kappa shape index (κ1) is 18.0. The van der Waals surface area contributed by atoms with E-state index < -0.39 is 0 Å². The van der Waals surface area contributed by atoms with E-state index in [9.17, 15) is 9.90 Å². The number of methoxy groups -OCH3 is 1. The van der Waals surface area contributed by atoms with Gasteiger partial charge in [-0.05, 0) is 50.2 Å². The van der Waals surface area contributed by atoms with E-state index in [1.807, 2.05) is 17.9 Å². The highest BCUT2D eigenvalue weighted by Crippen LogP contribution is 2.74. The van der Waals surface area contributed by atoms with Crippen molar-refractivity contribution in [1.29, 1.82) is 0 Å². The summed E-state index contributed by atoms with van der Waals surface area (Å²) < 4.78 is 12.2. The number of phenols is 1. The van der Waals surface area contributed by atoms with Crippen molar-refractivity contribution in [3.63, 3.8) is 0 Å². The number of amides is 1. The van der Waals surface area contributed by atoms with Crippen LogP contribution in [0.2, 0.25) is 0 Å². The molecule has 6 heteroatoms. The van der Waals surface area contributed by atoms with E-state index in [2.05, 4.69) is 11.0 Å². The topological polar surface area (TPSA) is 62.2 Å². The fraction of sp³-hybridized carbons (Fsp3) is 0.696. The van der Waals surface area contributed by atoms with Gasteiger partial charge in [0.1, 0.15) is 5.72 Å². The summed E-state index contributed by atoms with van der Waals surface area (Å²) >= 11 is 0. The molecule has 1 aromatic carbocycles. The van der Waals surface area contributed by atoms with Crippen molar-refractivity contribution in [2.75, 3.05) is 31.7 Å². The molecular weight excluding hydrogens is 368 g/mol. The Labute approximate surface area is 171 Å². The molecule has 4 atom stereocenters. The Morgan fingerprint density at radius 2 is 2.14 bits per heavy atom. The Morgan fingerprint density at radius 3 is 2.93 bits per heavy atom. The molecule has 156 valence electrons. The van der Waals surface area contributed by atoms with Crippen molar-refractivity contribution >= 4 is 11.6 Å². The van der Waals surface area contributed by atoms with E-state index in [1.165, 1.54) is 12.8 Å². The fourth-order valence-electron chi connectivity index (χ4n) is 8.11. The molecule has 4 aliphatic heterocycles. The number of fused-ring (bicyclic) bond motifs is 1. The molecule has 0 aromatic heterocycles. The summed E-state index contributed by atoms with van der Waals surface area (Å²) in [6, 6.07) is 4.01. The molecule has 1 aromatic rings. The van der Waals surface area contributed by atoms with Gasteiger partial charge in [0.25, 0.3) is 0 Å². The first-order chi connectivity index (χ1) is 14.1. The Balaban J connectivity index is 1.66. The van der Waals surface area contributed by atoms with E-state index in [1.54, 1.807) is 7.11 Å². The van der Waals surface area contributed by atoms with Gasteiger partial charge in [0.15, 0.2) is 11.5 Å². The van der Waals surface area contributed by atoms with Crippen LogP contribution in [0.25, 0.3) is 0 Å². The Bertz CT molecular complexity index is 903. The number of anilines is 1. The third-order valence-electron chi connectivity index (χ3n) is 8.92. The van der Waals surface area contributed by atoms with Crippen LogP contribution in [0.15, 0.2) is 12.1 Å². The lowest BCUT2D eigenvalue weighted by Gasteiger charge is -2.62. The van der Waals surface area contributed by atoms with Crippen LogP contribution in [0.3, 0.4) is 0 Å². The Hall–Kier alpha value is -1.79. The monoisotopic (exact) mass is 398 g/mol. The minimum absolute atomic E-state index is 0.0391. The number of piperidine rings is 1. The van der Waals surface area contributed by atoms with Crippen LogP contribution < -0.4 is 9.64 Å². The minimum atomic E-state index is -0.348. The minimum Gasteiger partial charge on any atom is -0.503 e. The summed E-state index contributed by atoms with van der Waals surface area (Å²) in [6.45, 7) is 4.77. The number of benzene rings is 1. The number of aromatic hydroxyl groups is 1. The molecule has 2 spiro atoms. The fourth-order valence-corrected chi connectivity index (χ4v) is 8.11. The average Bonchev–Trinajstić information content (AvgIpc) is 3.38. The second-order valence-corrected chi connectivity index (χ2v) is 9.52.